The zero-order chi connectivity index (χ0) is 10.3. The zero-order valence-electron chi connectivity index (χ0n) is 9.63. The molecule has 0 atom stereocenters. The van der Waals surface area contributed by atoms with E-state index in [1.807, 2.05) is 20.8 Å². The van der Waals surface area contributed by atoms with Gasteiger partial charge in [0.2, 0.25) is 0 Å². The SMILES string of the molecule is C/C=c1/sc(C)n/c1=C/CC.CC.I. The molecule has 0 saturated heterocycles. The van der Waals surface area contributed by atoms with E-state index in [1.165, 1.54) is 4.53 Å². The lowest BCUT2D eigenvalue weighted by molar-refractivity contribution is 1.19. The molecule has 1 aromatic heterocycles. The molecule has 1 heterocycles. The molecule has 1 aromatic rings. The first-order chi connectivity index (χ1) is 6.27. The molecule has 0 aromatic carbocycles. The van der Waals surface area contributed by atoms with Gasteiger partial charge < -0.3 is 0 Å². The van der Waals surface area contributed by atoms with Crippen LogP contribution in [-0.2, 0) is 0 Å². The van der Waals surface area contributed by atoms with Crippen LogP contribution in [0.3, 0.4) is 0 Å². The van der Waals surface area contributed by atoms with Crippen molar-refractivity contribution in [1.29, 1.82) is 0 Å². The Kier molecular flexibility index (Phi) is 11.4. The number of aromatic nitrogens is 1. The minimum absolute atomic E-state index is 0. The first-order valence-corrected chi connectivity index (χ1v) is 5.69. The maximum atomic E-state index is 4.40. The van der Waals surface area contributed by atoms with Gasteiger partial charge >= 0.3 is 0 Å². The second-order valence-electron chi connectivity index (χ2n) is 2.38. The zero-order valence-corrected chi connectivity index (χ0v) is 12.8. The van der Waals surface area contributed by atoms with Crippen LogP contribution in [0.4, 0.5) is 0 Å². The predicted octanol–water partition coefficient (Wildman–Crippen LogP) is 3.09. The van der Waals surface area contributed by atoms with Gasteiger partial charge in [-0.15, -0.1) is 35.3 Å². The van der Waals surface area contributed by atoms with Crippen molar-refractivity contribution in [2.24, 2.45) is 0 Å². The summed E-state index contributed by atoms with van der Waals surface area (Å²) in [5.41, 5.74) is 0. The van der Waals surface area contributed by atoms with E-state index < -0.39 is 0 Å². The van der Waals surface area contributed by atoms with Crippen molar-refractivity contribution in [1.82, 2.24) is 4.98 Å². The number of thiazole rings is 1. The van der Waals surface area contributed by atoms with E-state index in [-0.39, 0.29) is 24.0 Å². The molecule has 14 heavy (non-hydrogen) atoms. The third-order valence-electron chi connectivity index (χ3n) is 1.45. The number of aryl methyl sites for hydroxylation is 1. The number of rotatable bonds is 1. The monoisotopic (exact) mass is 325 g/mol. The Balaban J connectivity index is 0. The number of hydrogen-bond donors (Lipinski definition) is 0. The van der Waals surface area contributed by atoms with Crippen molar-refractivity contribution in [3.8, 4) is 0 Å². The van der Waals surface area contributed by atoms with Crippen LogP contribution in [0.15, 0.2) is 0 Å². The Hall–Kier alpha value is 0.100. The lowest BCUT2D eigenvalue weighted by atomic mass is 10.4. The Labute approximate surface area is 108 Å². The molecule has 0 aliphatic rings. The van der Waals surface area contributed by atoms with Crippen molar-refractivity contribution < 1.29 is 0 Å². The molecule has 0 spiro atoms. The van der Waals surface area contributed by atoms with Gasteiger partial charge in [-0.2, -0.15) is 0 Å². The van der Waals surface area contributed by atoms with Crippen LogP contribution < -0.4 is 9.88 Å². The van der Waals surface area contributed by atoms with Crippen LogP contribution in [0.1, 0.15) is 39.1 Å². The minimum atomic E-state index is 0. The van der Waals surface area contributed by atoms with Crippen LogP contribution in [0.2, 0.25) is 0 Å². The highest BCUT2D eigenvalue weighted by Gasteiger charge is 1.90. The average Bonchev–Trinajstić information content (AvgIpc) is 2.50. The number of halogens is 1. The molecule has 3 heteroatoms. The second-order valence-corrected chi connectivity index (χ2v) is 3.62. The molecule has 0 aliphatic carbocycles. The molecule has 0 N–H and O–H groups in total. The number of hydrogen-bond acceptors (Lipinski definition) is 2. The summed E-state index contributed by atoms with van der Waals surface area (Å²) in [5.74, 6) is 0. The Morgan fingerprint density at radius 2 is 1.93 bits per heavy atom. The highest BCUT2D eigenvalue weighted by Crippen LogP contribution is 1.90. The van der Waals surface area contributed by atoms with Gasteiger partial charge in [0.05, 0.1) is 10.4 Å². The lowest BCUT2D eigenvalue weighted by Gasteiger charge is -1.74. The van der Waals surface area contributed by atoms with E-state index in [9.17, 15) is 0 Å². The molecule has 0 aliphatic heterocycles. The van der Waals surface area contributed by atoms with Gasteiger partial charge in [0, 0.05) is 4.53 Å². The molecule has 0 fully saturated rings. The van der Waals surface area contributed by atoms with Gasteiger partial charge in [0.15, 0.2) is 0 Å². The van der Waals surface area contributed by atoms with E-state index >= 15 is 0 Å². The maximum absolute atomic E-state index is 4.40. The van der Waals surface area contributed by atoms with E-state index in [2.05, 4.69) is 31.0 Å². The predicted molar refractivity (Wildman–Crippen MR) is 77.8 cm³/mol. The van der Waals surface area contributed by atoms with Crippen LogP contribution in [-0.4, -0.2) is 4.98 Å². The molecular formula is C11H20INS. The van der Waals surface area contributed by atoms with Crippen molar-refractivity contribution in [3.05, 3.63) is 14.9 Å². The Morgan fingerprint density at radius 1 is 1.36 bits per heavy atom. The Morgan fingerprint density at radius 3 is 2.36 bits per heavy atom. The summed E-state index contributed by atoms with van der Waals surface area (Å²) in [7, 11) is 0. The van der Waals surface area contributed by atoms with Gasteiger partial charge in [0.1, 0.15) is 0 Å². The van der Waals surface area contributed by atoms with Gasteiger partial charge in [-0.05, 0) is 20.3 Å². The Bertz CT molecular complexity index is 341. The summed E-state index contributed by atoms with van der Waals surface area (Å²) < 4.78 is 1.30. The first kappa shape index (κ1) is 16.5. The molecule has 1 nitrogen and oxygen atoms in total. The van der Waals surface area contributed by atoms with Gasteiger partial charge in [0.25, 0.3) is 0 Å². The summed E-state index contributed by atoms with van der Waals surface area (Å²) in [6.07, 6.45) is 5.34. The van der Waals surface area contributed by atoms with E-state index in [1.54, 1.807) is 11.3 Å². The third-order valence-corrected chi connectivity index (χ3v) is 2.50. The average molecular weight is 325 g/mol. The van der Waals surface area contributed by atoms with Crippen molar-refractivity contribution in [2.45, 2.75) is 41.0 Å². The molecule has 1 rings (SSSR count). The summed E-state index contributed by atoms with van der Waals surface area (Å²) in [5, 5.41) is 2.30. The fourth-order valence-corrected chi connectivity index (χ4v) is 1.82. The van der Waals surface area contributed by atoms with Crippen molar-refractivity contribution >= 4 is 47.5 Å². The quantitative estimate of drug-likeness (QED) is 0.723. The highest BCUT2D eigenvalue weighted by molar-refractivity contribution is 14.0. The third kappa shape index (κ3) is 5.10. The second kappa shape index (κ2) is 9.65. The molecule has 0 unspecified atom stereocenters. The largest absolute Gasteiger partial charge is 0.242 e. The van der Waals surface area contributed by atoms with Crippen LogP contribution in [0.25, 0.3) is 12.2 Å². The molecular weight excluding hydrogens is 305 g/mol. The van der Waals surface area contributed by atoms with Gasteiger partial charge in [-0.3, -0.25) is 0 Å². The van der Waals surface area contributed by atoms with E-state index in [0.717, 1.165) is 16.8 Å². The lowest BCUT2D eigenvalue weighted by Crippen LogP contribution is -2.19. The smallest absolute Gasteiger partial charge is 0.0907 e. The highest BCUT2D eigenvalue weighted by atomic mass is 127. The van der Waals surface area contributed by atoms with Gasteiger partial charge in [-0.25, -0.2) is 4.98 Å². The maximum Gasteiger partial charge on any atom is 0.0907 e. The molecule has 0 amide bonds. The fraction of sp³-hybridized carbons (Fsp3) is 0.545. The van der Waals surface area contributed by atoms with Crippen LogP contribution >= 0.6 is 35.3 Å². The topological polar surface area (TPSA) is 12.9 Å². The molecule has 0 bridgehead atoms. The van der Waals surface area contributed by atoms with Crippen molar-refractivity contribution in [3.63, 3.8) is 0 Å². The van der Waals surface area contributed by atoms with Gasteiger partial charge in [-0.1, -0.05) is 32.9 Å². The van der Waals surface area contributed by atoms with E-state index in [0.29, 0.717) is 0 Å². The molecule has 82 valence electrons. The fourth-order valence-electron chi connectivity index (χ4n) is 1.01. The van der Waals surface area contributed by atoms with E-state index in [4.69, 9.17) is 0 Å². The summed E-state index contributed by atoms with van der Waals surface area (Å²) in [6, 6.07) is 0. The molecule has 0 radical (unpaired) electrons. The summed E-state index contributed by atoms with van der Waals surface area (Å²) in [6.45, 7) is 10.2. The minimum Gasteiger partial charge on any atom is -0.242 e. The summed E-state index contributed by atoms with van der Waals surface area (Å²) >= 11 is 1.76. The summed E-state index contributed by atoms with van der Waals surface area (Å²) in [4.78, 5) is 4.40. The van der Waals surface area contributed by atoms with Crippen LogP contribution in [0, 0.1) is 6.92 Å². The standard InChI is InChI=1S/C9H13NS.C2H6.HI/c1-4-6-8-9(5-2)11-7(3)10-8;1-2;/h5-6H,4H2,1-3H3;1-2H3;1H/b8-6+,9-5+;;. The molecule has 0 saturated carbocycles. The normalized spacial score (nSPS) is 11.8. The van der Waals surface area contributed by atoms with Crippen LogP contribution in [0.5, 0.6) is 0 Å². The van der Waals surface area contributed by atoms with Crippen molar-refractivity contribution in [2.75, 3.05) is 0 Å². The first-order valence-electron chi connectivity index (χ1n) is 4.88. The number of nitrogens with zero attached hydrogens (tertiary/aromatic N) is 1.